The van der Waals surface area contributed by atoms with Crippen LogP contribution in [0.1, 0.15) is 5.56 Å². The van der Waals surface area contributed by atoms with E-state index in [1.54, 1.807) is 13.2 Å². The van der Waals surface area contributed by atoms with Gasteiger partial charge in [-0.05, 0) is 35.9 Å². The largest absolute Gasteiger partial charge is 0.497 e. The number of hydrogen-bond donors (Lipinski definition) is 2. The maximum Gasteiger partial charge on any atom is 0.250 e. The van der Waals surface area contributed by atoms with Gasteiger partial charge in [0.05, 0.1) is 18.1 Å². The highest BCUT2D eigenvalue weighted by molar-refractivity contribution is 6.01. The van der Waals surface area contributed by atoms with Gasteiger partial charge < -0.3 is 9.72 Å². The van der Waals surface area contributed by atoms with Gasteiger partial charge in [0, 0.05) is 6.08 Å². The summed E-state index contributed by atoms with van der Waals surface area (Å²) in [5.41, 5.74) is 2.62. The minimum absolute atomic E-state index is 0.241. The van der Waals surface area contributed by atoms with Gasteiger partial charge in [0.2, 0.25) is 5.95 Å². The number of anilines is 1. The van der Waals surface area contributed by atoms with Gasteiger partial charge in [-0.1, -0.05) is 24.3 Å². The first-order valence-electron chi connectivity index (χ1n) is 6.82. The molecule has 1 aromatic heterocycles. The Labute approximate surface area is 127 Å². The number of aromatic amines is 1. The van der Waals surface area contributed by atoms with E-state index in [0.717, 1.165) is 22.3 Å². The molecule has 1 amide bonds. The molecule has 22 heavy (non-hydrogen) atoms. The van der Waals surface area contributed by atoms with E-state index < -0.39 is 0 Å². The maximum absolute atomic E-state index is 11.9. The van der Waals surface area contributed by atoms with Gasteiger partial charge in [-0.3, -0.25) is 10.1 Å². The topological polar surface area (TPSA) is 67.0 Å². The molecule has 2 aromatic carbocycles. The molecule has 1 heterocycles. The van der Waals surface area contributed by atoms with Crippen LogP contribution in [0.3, 0.4) is 0 Å². The Kier molecular flexibility index (Phi) is 3.87. The minimum Gasteiger partial charge on any atom is -0.497 e. The number of carbonyl (C=O) groups is 1. The predicted octanol–water partition coefficient (Wildman–Crippen LogP) is 3.22. The zero-order valence-corrected chi connectivity index (χ0v) is 12.0. The molecule has 0 aliphatic rings. The molecule has 0 bridgehead atoms. The molecule has 0 saturated heterocycles. The van der Waals surface area contributed by atoms with Crippen molar-refractivity contribution in [3.05, 3.63) is 60.2 Å². The Morgan fingerprint density at radius 3 is 2.68 bits per heavy atom. The zero-order chi connectivity index (χ0) is 15.4. The molecule has 3 rings (SSSR count). The van der Waals surface area contributed by atoms with Crippen molar-refractivity contribution in [2.45, 2.75) is 0 Å². The standard InChI is InChI=1S/C17H15N3O2/c1-22-13-9-6-12(7-10-13)8-11-16(21)20-17-18-14-4-2-3-5-15(14)19-17/h2-11H,1H3,(H2,18,19,20,21)/b11-8+. The van der Waals surface area contributed by atoms with Gasteiger partial charge in [0.15, 0.2) is 0 Å². The number of methoxy groups -OCH3 is 1. The third-order valence-electron chi connectivity index (χ3n) is 3.17. The van der Waals surface area contributed by atoms with Crippen molar-refractivity contribution in [2.24, 2.45) is 0 Å². The molecular weight excluding hydrogens is 278 g/mol. The number of benzene rings is 2. The summed E-state index contributed by atoms with van der Waals surface area (Å²) in [6, 6.07) is 15.1. The van der Waals surface area contributed by atoms with Crippen LogP contribution in [0.25, 0.3) is 17.1 Å². The number of para-hydroxylation sites is 2. The lowest BCUT2D eigenvalue weighted by Crippen LogP contribution is -2.08. The van der Waals surface area contributed by atoms with E-state index in [1.807, 2.05) is 48.5 Å². The fraction of sp³-hybridized carbons (Fsp3) is 0.0588. The Bertz CT molecular complexity index is 786. The normalized spacial score (nSPS) is 11.0. The third-order valence-corrected chi connectivity index (χ3v) is 3.17. The lowest BCUT2D eigenvalue weighted by molar-refractivity contribution is -0.111. The van der Waals surface area contributed by atoms with Gasteiger partial charge in [0.25, 0.3) is 5.91 Å². The first kappa shape index (κ1) is 13.9. The van der Waals surface area contributed by atoms with Crippen LogP contribution in [-0.2, 0) is 4.79 Å². The van der Waals surface area contributed by atoms with Crippen LogP contribution < -0.4 is 10.1 Å². The highest BCUT2D eigenvalue weighted by Crippen LogP contribution is 2.14. The van der Waals surface area contributed by atoms with Crippen LogP contribution >= 0.6 is 0 Å². The number of rotatable bonds is 4. The summed E-state index contributed by atoms with van der Waals surface area (Å²) in [6.07, 6.45) is 3.20. The Hall–Kier alpha value is -3.08. The molecule has 0 aliphatic heterocycles. The molecule has 0 radical (unpaired) electrons. The molecule has 0 aliphatic carbocycles. The predicted molar refractivity (Wildman–Crippen MR) is 86.8 cm³/mol. The summed E-state index contributed by atoms with van der Waals surface area (Å²) in [7, 11) is 1.62. The number of nitrogens with zero attached hydrogens (tertiary/aromatic N) is 1. The Morgan fingerprint density at radius 1 is 1.18 bits per heavy atom. The van der Waals surface area contributed by atoms with E-state index in [0.29, 0.717) is 5.95 Å². The number of carbonyl (C=O) groups excluding carboxylic acids is 1. The molecule has 3 aromatic rings. The second-order valence-corrected chi connectivity index (χ2v) is 4.70. The van der Waals surface area contributed by atoms with Gasteiger partial charge in [-0.2, -0.15) is 0 Å². The number of fused-ring (bicyclic) bond motifs is 1. The summed E-state index contributed by atoms with van der Waals surface area (Å²) in [4.78, 5) is 19.2. The van der Waals surface area contributed by atoms with Crippen LogP contribution in [0.15, 0.2) is 54.6 Å². The van der Waals surface area contributed by atoms with Gasteiger partial charge in [0.1, 0.15) is 5.75 Å². The lowest BCUT2D eigenvalue weighted by Gasteiger charge is -1.99. The van der Waals surface area contributed by atoms with Crippen molar-refractivity contribution in [3.8, 4) is 5.75 Å². The molecule has 0 fully saturated rings. The second kappa shape index (κ2) is 6.13. The summed E-state index contributed by atoms with van der Waals surface area (Å²) in [5.74, 6) is 0.976. The van der Waals surface area contributed by atoms with Gasteiger partial charge in [-0.15, -0.1) is 0 Å². The number of aromatic nitrogens is 2. The molecule has 0 spiro atoms. The fourth-order valence-electron chi connectivity index (χ4n) is 2.06. The van der Waals surface area contributed by atoms with Crippen molar-refractivity contribution < 1.29 is 9.53 Å². The van der Waals surface area contributed by atoms with E-state index in [2.05, 4.69) is 15.3 Å². The summed E-state index contributed by atoms with van der Waals surface area (Å²) in [6.45, 7) is 0. The SMILES string of the molecule is COc1ccc(/C=C/C(=O)Nc2nc3ccccc3[nH]2)cc1. The molecule has 110 valence electrons. The fourth-order valence-corrected chi connectivity index (χ4v) is 2.06. The number of nitrogens with one attached hydrogen (secondary N) is 2. The van der Waals surface area contributed by atoms with Crippen LogP contribution in [0.4, 0.5) is 5.95 Å². The van der Waals surface area contributed by atoms with Crippen LogP contribution in [-0.4, -0.2) is 23.0 Å². The number of amides is 1. The lowest BCUT2D eigenvalue weighted by atomic mass is 10.2. The maximum atomic E-state index is 11.9. The van der Waals surface area contributed by atoms with Gasteiger partial charge in [-0.25, -0.2) is 4.98 Å². The highest BCUT2D eigenvalue weighted by Gasteiger charge is 2.03. The van der Waals surface area contributed by atoms with Crippen molar-refractivity contribution >= 4 is 29.0 Å². The van der Waals surface area contributed by atoms with E-state index in [1.165, 1.54) is 6.08 Å². The van der Waals surface area contributed by atoms with Crippen molar-refractivity contribution in [1.29, 1.82) is 0 Å². The number of hydrogen-bond acceptors (Lipinski definition) is 3. The molecule has 2 N–H and O–H groups in total. The molecule has 5 nitrogen and oxygen atoms in total. The summed E-state index contributed by atoms with van der Waals surface area (Å²) < 4.78 is 5.09. The first-order valence-corrected chi connectivity index (χ1v) is 6.82. The highest BCUT2D eigenvalue weighted by atomic mass is 16.5. The van der Waals surface area contributed by atoms with Crippen LogP contribution in [0.5, 0.6) is 5.75 Å². The number of ether oxygens (including phenoxy) is 1. The monoisotopic (exact) mass is 293 g/mol. The smallest absolute Gasteiger partial charge is 0.250 e. The molecular formula is C17H15N3O2. The van der Waals surface area contributed by atoms with E-state index in [-0.39, 0.29) is 5.91 Å². The van der Waals surface area contributed by atoms with E-state index in [4.69, 9.17) is 4.74 Å². The van der Waals surface area contributed by atoms with Crippen molar-refractivity contribution in [1.82, 2.24) is 9.97 Å². The Balaban J connectivity index is 1.67. The zero-order valence-electron chi connectivity index (χ0n) is 12.0. The molecule has 0 unspecified atom stereocenters. The van der Waals surface area contributed by atoms with Crippen LogP contribution in [0, 0.1) is 0 Å². The summed E-state index contributed by atoms with van der Waals surface area (Å²) >= 11 is 0. The quantitative estimate of drug-likeness (QED) is 0.726. The Morgan fingerprint density at radius 2 is 1.95 bits per heavy atom. The second-order valence-electron chi connectivity index (χ2n) is 4.70. The van der Waals surface area contributed by atoms with E-state index in [9.17, 15) is 4.79 Å². The van der Waals surface area contributed by atoms with E-state index >= 15 is 0 Å². The molecule has 5 heteroatoms. The third kappa shape index (κ3) is 3.15. The van der Waals surface area contributed by atoms with Gasteiger partial charge >= 0.3 is 0 Å². The first-order chi connectivity index (χ1) is 10.7. The molecule has 0 saturated carbocycles. The van der Waals surface area contributed by atoms with Crippen LogP contribution in [0.2, 0.25) is 0 Å². The van der Waals surface area contributed by atoms with Crippen molar-refractivity contribution in [3.63, 3.8) is 0 Å². The average Bonchev–Trinajstić information content (AvgIpc) is 2.95. The van der Waals surface area contributed by atoms with Crippen molar-refractivity contribution in [2.75, 3.05) is 12.4 Å². The molecule has 0 atom stereocenters. The average molecular weight is 293 g/mol. The number of imidazole rings is 1. The minimum atomic E-state index is -0.241. The number of H-pyrrole nitrogens is 1. The summed E-state index contributed by atoms with van der Waals surface area (Å²) in [5, 5.41) is 2.71.